The molecule has 2 N–H and O–H groups in total. The Labute approximate surface area is 107 Å². The van der Waals surface area contributed by atoms with E-state index in [1.54, 1.807) is 6.07 Å². The SMILES string of the molecule is COc1ccc(Cl)c2c(=O)c(C)c(C(=O)O)[nH]c12. The second-order valence-corrected chi connectivity index (χ2v) is 4.17. The molecule has 0 saturated heterocycles. The molecule has 2 aromatic rings. The van der Waals surface area contributed by atoms with E-state index in [-0.39, 0.29) is 27.2 Å². The number of fused-ring (bicyclic) bond motifs is 1. The van der Waals surface area contributed by atoms with E-state index < -0.39 is 11.4 Å². The third-order valence-corrected chi connectivity index (χ3v) is 3.06. The summed E-state index contributed by atoms with van der Waals surface area (Å²) in [6.07, 6.45) is 0. The molecule has 1 aromatic heterocycles. The summed E-state index contributed by atoms with van der Waals surface area (Å²) in [4.78, 5) is 25.9. The molecule has 18 heavy (non-hydrogen) atoms. The molecule has 0 saturated carbocycles. The summed E-state index contributed by atoms with van der Waals surface area (Å²) in [5.74, 6) is -0.831. The Hall–Kier alpha value is -2.01. The van der Waals surface area contributed by atoms with Gasteiger partial charge < -0.3 is 14.8 Å². The van der Waals surface area contributed by atoms with Crippen molar-refractivity contribution < 1.29 is 14.6 Å². The number of halogens is 1. The summed E-state index contributed by atoms with van der Waals surface area (Å²) in [7, 11) is 1.43. The molecule has 0 aliphatic rings. The van der Waals surface area contributed by atoms with Gasteiger partial charge in [0.05, 0.1) is 23.0 Å². The third-order valence-electron chi connectivity index (χ3n) is 2.74. The Morgan fingerprint density at radius 2 is 2.11 bits per heavy atom. The van der Waals surface area contributed by atoms with E-state index in [0.29, 0.717) is 5.75 Å². The molecule has 0 amide bonds. The number of aromatic amines is 1. The molecule has 0 aliphatic heterocycles. The van der Waals surface area contributed by atoms with Crippen LogP contribution in [-0.2, 0) is 0 Å². The predicted molar refractivity (Wildman–Crippen MR) is 67.8 cm³/mol. The highest BCUT2D eigenvalue weighted by Crippen LogP contribution is 2.28. The summed E-state index contributed by atoms with van der Waals surface area (Å²) >= 11 is 5.97. The number of aromatic nitrogens is 1. The lowest BCUT2D eigenvalue weighted by Crippen LogP contribution is -2.16. The van der Waals surface area contributed by atoms with Gasteiger partial charge in [-0.15, -0.1) is 0 Å². The van der Waals surface area contributed by atoms with Crippen LogP contribution in [0.5, 0.6) is 5.75 Å². The zero-order valence-electron chi connectivity index (χ0n) is 9.70. The van der Waals surface area contributed by atoms with E-state index in [0.717, 1.165) is 0 Å². The van der Waals surface area contributed by atoms with Crippen LogP contribution in [0.2, 0.25) is 5.02 Å². The number of carbonyl (C=O) groups is 1. The fourth-order valence-electron chi connectivity index (χ4n) is 1.81. The molecule has 0 fully saturated rings. The summed E-state index contributed by atoms with van der Waals surface area (Å²) in [5.41, 5.74) is -0.165. The minimum Gasteiger partial charge on any atom is -0.495 e. The molecule has 0 radical (unpaired) electrons. The maximum atomic E-state index is 12.1. The monoisotopic (exact) mass is 267 g/mol. The fraction of sp³-hybridized carbons (Fsp3) is 0.167. The average Bonchev–Trinajstić information content (AvgIpc) is 2.33. The summed E-state index contributed by atoms with van der Waals surface area (Å²) in [5, 5.41) is 9.53. The van der Waals surface area contributed by atoms with Gasteiger partial charge in [0.1, 0.15) is 11.4 Å². The molecule has 0 bridgehead atoms. The van der Waals surface area contributed by atoms with Crippen molar-refractivity contribution in [2.75, 3.05) is 7.11 Å². The molecular weight excluding hydrogens is 258 g/mol. The van der Waals surface area contributed by atoms with Gasteiger partial charge in [-0.05, 0) is 19.1 Å². The highest BCUT2D eigenvalue weighted by molar-refractivity contribution is 6.35. The first-order chi connectivity index (χ1) is 8.47. The van der Waals surface area contributed by atoms with Crippen LogP contribution in [0.15, 0.2) is 16.9 Å². The van der Waals surface area contributed by atoms with Crippen LogP contribution in [0.3, 0.4) is 0 Å². The van der Waals surface area contributed by atoms with Crippen molar-refractivity contribution in [3.05, 3.63) is 38.6 Å². The van der Waals surface area contributed by atoms with E-state index in [9.17, 15) is 9.59 Å². The first-order valence-electron chi connectivity index (χ1n) is 5.09. The van der Waals surface area contributed by atoms with Gasteiger partial charge in [0.2, 0.25) is 0 Å². The highest BCUT2D eigenvalue weighted by Gasteiger charge is 2.17. The molecule has 0 atom stereocenters. The second-order valence-electron chi connectivity index (χ2n) is 3.76. The van der Waals surface area contributed by atoms with Crippen LogP contribution < -0.4 is 10.2 Å². The molecule has 1 aromatic carbocycles. The summed E-state index contributed by atoms with van der Waals surface area (Å²) < 4.78 is 5.09. The number of benzene rings is 1. The molecule has 94 valence electrons. The lowest BCUT2D eigenvalue weighted by molar-refractivity contribution is 0.0690. The van der Waals surface area contributed by atoms with Crippen LogP contribution in [0, 0.1) is 6.92 Å². The smallest absolute Gasteiger partial charge is 0.352 e. The number of rotatable bonds is 2. The van der Waals surface area contributed by atoms with Crippen LogP contribution in [-0.4, -0.2) is 23.2 Å². The summed E-state index contributed by atoms with van der Waals surface area (Å²) in [6, 6.07) is 3.11. The first kappa shape index (κ1) is 12.4. The second kappa shape index (κ2) is 4.34. The number of carboxylic acid groups (broad SMARTS) is 1. The van der Waals surface area contributed by atoms with Crippen LogP contribution in [0.25, 0.3) is 10.9 Å². The quantitative estimate of drug-likeness (QED) is 0.874. The Bertz CT molecular complexity index is 705. The van der Waals surface area contributed by atoms with E-state index in [4.69, 9.17) is 21.4 Å². The number of H-pyrrole nitrogens is 1. The van der Waals surface area contributed by atoms with Crippen molar-refractivity contribution in [3.63, 3.8) is 0 Å². The van der Waals surface area contributed by atoms with E-state index in [1.807, 2.05) is 0 Å². The molecule has 2 rings (SSSR count). The van der Waals surface area contributed by atoms with Crippen molar-refractivity contribution >= 4 is 28.5 Å². The van der Waals surface area contributed by atoms with E-state index >= 15 is 0 Å². The molecule has 0 spiro atoms. The lowest BCUT2D eigenvalue weighted by atomic mass is 10.1. The molecule has 0 aliphatic carbocycles. The van der Waals surface area contributed by atoms with Crippen molar-refractivity contribution in [2.45, 2.75) is 6.92 Å². The largest absolute Gasteiger partial charge is 0.495 e. The Morgan fingerprint density at radius 1 is 1.44 bits per heavy atom. The third kappa shape index (κ3) is 1.73. The van der Waals surface area contributed by atoms with Gasteiger partial charge in [-0.25, -0.2) is 4.79 Å². The Kier molecular flexibility index (Phi) is 3.00. The topological polar surface area (TPSA) is 79.4 Å². The van der Waals surface area contributed by atoms with Crippen molar-refractivity contribution in [2.24, 2.45) is 0 Å². The van der Waals surface area contributed by atoms with Crippen LogP contribution in [0.4, 0.5) is 0 Å². The minimum absolute atomic E-state index is 0.116. The maximum Gasteiger partial charge on any atom is 0.352 e. The molecule has 6 heteroatoms. The van der Waals surface area contributed by atoms with Crippen molar-refractivity contribution in [1.29, 1.82) is 0 Å². The first-order valence-corrected chi connectivity index (χ1v) is 5.47. The number of methoxy groups -OCH3 is 1. The Morgan fingerprint density at radius 3 is 2.67 bits per heavy atom. The number of nitrogens with one attached hydrogen (secondary N) is 1. The van der Waals surface area contributed by atoms with Gasteiger partial charge in [0.15, 0.2) is 5.43 Å². The number of hydrogen-bond donors (Lipinski definition) is 2. The van der Waals surface area contributed by atoms with Gasteiger partial charge in [-0.2, -0.15) is 0 Å². The van der Waals surface area contributed by atoms with Gasteiger partial charge in [0, 0.05) is 5.56 Å². The predicted octanol–water partition coefficient (Wildman–Crippen LogP) is 2.20. The summed E-state index contributed by atoms with van der Waals surface area (Å²) in [6.45, 7) is 1.44. The number of ether oxygens (including phenoxy) is 1. The van der Waals surface area contributed by atoms with E-state index in [2.05, 4.69) is 4.98 Å². The molecule has 1 heterocycles. The van der Waals surface area contributed by atoms with Crippen LogP contribution >= 0.6 is 11.6 Å². The van der Waals surface area contributed by atoms with Gasteiger partial charge in [0.25, 0.3) is 0 Å². The average molecular weight is 268 g/mol. The van der Waals surface area contributed by atoms with Gasteiger partial charge in [-0.3, -0.25) is 4.79 Å². The van der Waals surface area contributed by atoms with Crippen LogP contribution in [0.1, 0.15) is 16.1 Å². The maximum absolute atomic E-state index is 12.1. The lowest BCUT2D eigenvalue weighted by Gasteiger charge is -2.09. The number of carboxylic acids is 1. The number of hydrogen-bond acceptors (Lipinski definition) is 3. The number of pyridine rings is 1. The zero-order valence-corrected chi connectivity index (χ0v) is 10.5. The Balaban J connectivity index is 3.04. The number of aromatic carboxylic acids is 1. The molecule has 5 nitrogen and oxygen atoms in total. The highest BCUT2D eigenvalue weighted by atomic mass is 35.5. The van der Waals surface area contributed by atoms with Crippen molar-refractivity contribution in [1.82, 2.24) is 4.98 Å². The fourth-order valence-corrected chi connectivity index (χ4v) is 2.05. The van der Waals surface area contributed by atoms with Gasteiger partial charge in [-0.1, -0.05) is 11.6 Å². The molecule has 0 unspecified atom stereocenters. The minimum atomic E-state index is -1.20. The normalized spacial score (nSPS) is 10.6. The van der Waals surface area contributed by atoms with E-state index in [1.165, 1.54) is 20.1 Å². The van der Waals surface area contributed by atoms with Crippen molar-refractivity contribution in [3.8, 4) is 5.75 Å². The zero-order chi connectivity index (χ0) is 13.4. The molecular formula is C12H10ClNO4. The standard InChI is InChI=1S/C12H10ClNO4/c1-5-9(12(16)17)14-10-7(18-2)4-3-6(13)8(10)11(5)15/h3-4H,1-2H3,(H,14,15)(H,16,17). The van der Waals surface area contributed by atoms with Gasteiger partial charge >= 0.3 is 5.97 Å².